The van der Waals surface area contributed by atoms with E-state index in [1.807, 2.05) is 0 Å². The maximum atomic E-state index is 14.4. The van der Waals surface area contributed by atoms with Crippen LogP contribution in [0.15, 0.2) is 24.5 Å². The fraction of sp³-hybridized carbons (Fsp3) is 0.125. The van der Waals surface area contributed by atoms with Crippen molar-refractivity contribution in [1.82, 2.24) is 9.55 Å². The number of nitrogen functional groups attached to an aromatic ring is 1. The zero-order valence-corrected chi connectivity index (χ0v) is 12.6. The number of amides is 1. The Balaban J connectivity index is 2.56. The third kappa shape index (κ3) is 2.01. The summed E-state index contributed by atoms with van der Waals surface area (Å²) >= 11 is 0. The first kappa shape index (κ1) is 14.8. The minimum absolute atomic E-state index is 0.00847. The molecule has 1 amide bonds. The van der Waals surface area contributed by atoms with Crippen LogP contribution in [0.3, 0.4) is 0 Å². The van der Waals surface area contributed by atoms with Crippen LogP contribution in [-0.2, 0) is 0 Å². The van der Waals surface area contributed by atoms with Gasteiger partial charge >= 0.3 is 0 Å². The average Bonchev–Trinajstić information content (AvgIpc) is 2.78. The van der Waals surface area contributed by atoms with E-state index in [1.165, 1.54) is 10.8 Å². The summed E-state index contributed by atoms with van der Waals surface area (Å²) in [7, 11) is 0. The fourth-order valence-electron chi connectivity index (χ4n) is 2.87. The van der Waals surface area contributed by atoms with Gasteiger partial charge in [-0.2, -0.15) is 0 Å². The third-order valence-corrected chi connectivity index (χ3v) is 3.94. The highest BCUT2D eigenvalue weighted by molar-refractivity contribution is 6.11. The van der Waals surface area contributed by atoms with Gasteiger partial charge in [0, 0.05) is 17.1 Å². The maximum absolute atomic E-state index is 14.4. The second-order valence-electron chi connectivity index (χ2n) is 5.35. The molecule has 0 saturated heterocycles. The number of rotatable bonds is 2. The normalized spacial score (nSPS) is 11.1. The number of aromatic nitrogens is 2. The monoisotopic (exact) mass is 314 g/mol. The molecule has 2 aromatic heterocycles. The van der Waals surface area contributed by atoms with E-state index >= 15 is 0 Å². The van der Waals surface area contributed by atoms with Crippen molar-refractivity contribution in [3.05, 3.63) is 47.0 Å². The van der Waals surface area contributed by atoms with E-state index in [9.17, 15) is 14.3 Å². The lowest BCUT2D eigenvalue weighted by molar-refractivity contribution is 0.100. The van der Waals surface area contributed by atoms with Crippen molar-refractivity contribution in [2.24, 2.45) is 5.73 Å². The van der Waals surface area contributed by atoms with Crippen LogP contribution in [-0.4, -0.2) is 20.6 Å². The van der Waals surface area contributed by atoms with Crippen molar-refractivity contribution in [1.29, 1.82) is 0 Å². The number of hydrogen-bond acceptors (Lipinski definition) is 4. The second-order valence-corrected chi connectivity index (χ2v) is 5.35. The first-order valence-corrected chi connectivity index (χ1v) is 6.87. The molecule has 0 bridgehead atoms. The molecule has 1 aromatic carbocycles. The Morgan fingerprint density at radius 1 is 1.30 bits per heavy atom. The van der Waals surface area contributed by atoms with Crippen molar-refractivity contribution in [3.63, 3.8) is 0 Å². The summed E-state index contributed by atoms with van der Waals surface area (Å²) in [5, 5.41) is 10.2. The first-order chi connectivity index (χ1) is 10.8. The number of carbonyl (C=O) groups is 1. The van der Waals surface area contributed by atoms with Gasteiger partial charge in [-0.15, -0.1) is 0 Å². The van der Waals surface area contributed by atoms with E-state index in [4.69, 9.17) is 11.5 Å². The van der Waals surface area contributed by atoms with Crippen LogP contribution in [0.25, 0.3) is 16.6 Å². The molecule has 5 N–H and O–H groups in total. The molecule has 0 atom stereocenters. The largest absolute Gasteiger partial charge is 0.508 e. The highest BCUT2D eigenvalue weighted by Gasteiger charge is 2.24. The highest BCUT2D eigenvalue weighted by atomic mass is 19.1. The minimum Gasteiger partial charge on any atom is -0.508 e. The maximum Gasteiger partial charge on any atom is 0.253 e. The zero-order chi connectivity index (χ0) is 16.9. The van der Waals surface area contributed by atoms with Crippen LogP contribution in [0.5, 0.6) is 5.75 Å². The van der Waals surface area contributed by atoms with Gasteiger partial charge in [0.15, 0.2) is 5.82 Å². The number of benzene rings is 1. The number of anilines is 1. The number of phenolic OH excluding ortho intramolecular Hbond substituents is 1. The van der Waals surface area contributed by atoms with Gasteiger partial charge in [-0.05, 0) is 25.5 Å². The number of halogens is 1. The number of hydrogen-bond donors (Lipinski definition) is 3. The van der Waals surface area contributed by atoms with E-state index in [2.05, 4.69) is 4.98 Å². The van der Waals surface area contributed by atoms with Crippen LogP contribution in [0.1, 0.15) is 21.5 Å². The summed E-state index contributed by atoms with van der Waals surface area (Å²) < 4.78 is 15.8. The smallest absolute Gasteiger partial charge is 0.253 e. The Morgan fingerprint density at radius 2 is 2.00 bits per heavy atom. The van der Waals surface area contributed by atoms with E-state index in [-0.39, 0.29) is 28.0 Å². The Kier molecular flexibility index (Phi) is 3.21. The number of fused-ring (bicyclic) bond motifs is 1. The molecule has 0 radical (unpaired) electrons. The lowest BCUT2D eigenvalue weighted by Gasteiger charge is -2.15. The number of phenols is 1. The zero-order valence-electron chi connectivity index (χ0n) is 12.6. The lowest BCUT2D eigenvalue weighted by Crippen LogP contribution is -2.14. The standard InChI is InChI=1S/C16H15FN4O2/c1-7-3-4-11(22)8(2)13(7)21-14-9(5-20-6-10(14)17)12(15(21)18)16(19)23/h3-6,22H,18H2,1-2H3,(H2,19,23). The minimum atomic E-state index is -0.769. The number of aryl methyl sites for hydroxylation is 1. The van der Waals surface area contributed by atoms with Gasteiger partial charge in [0.05, 0.1) is 23.0 Å². The lowest BCUT2D eigenvalue weighted by atomic mass is 10.1. The van der Waals surface area contributed by atoms with E-state index < -0.39 is 11.7 Å². The van der Waals surface area contributed by atoms with Gasteiger partial charge in [-0.1, -0.05) is 6.07 Å². The number of primary amides is 1. The molecule has 7 heteroatoms. The number of carbonyl (C=O) groups excluding carboxylic acids is 1. The summed E-state index contributed by atoms with van der Waals surface area (Å²) in [5.41, 5.74) is 13.4. The molecule has 0 aliphatic rings. The van der Waals surface area contributed by atoms with Crippen LogP contribution >= 0.6 is 0 Å². The Labute approximate surface area is 131 Å². The van der Waals surface area contributed by atoms with Gasteiger partial charge in [0.1, 0.15) is 11.6 Å². The van der Waals surface area contributed by atoms with Crippen molar-refractivity contribution < 1.29 is 14.3 Å². The van der Waals surface area contributed by atoms with Gasteiger partial charge in [-0.3, -0.25) is 14.3 Å². The van der Waals surface area contributed by atoms with Crippen molar-refractivity contribution >= 4 is 22.6 Å². The predicted molar refractivity (Wildman–Crippen MR) is 85.1 cm³/mol. The molecule has 0 spiro atoms. The molecule has 0 fully saturated rings. The molecule has 6 nitrogen and oxygen atoms in total. The summed E-state index contributed by atoms with van der Waals surface area (Å²) in [6, 6.07) is 3.23. The molecule has 3 aromatic rings. The quantitative estimate of drug-likeness (QED) is 0.673. The second kappa shape index (κ2) is 4.98. The van der Waals surface area contributed by atoms with Crippen LogP contribution in [0, 0.1) is 19.7 Å². The number of nitrogens with zero attached hydrogens (tertiary/aromatic N) is 2. The van der Waals surface area contributed by atoms with Crippen LogP contribution < -0.4 is 11.5 Å². The van der Waals surface area contributed by atoms with Crippen LogP contribution in [0.2, 0.25) is 0 Å². The topological polar surface area (TPSA) is 107 Å². The Bertz CT molecular complexity index is 963. The number of pyridine rings is 1. The SMILES string of the molecule is Cc1ccc(O)c(C)c1-n1c(N)c(C(N)=O)c2cncc(F)c21. The molecule has 3 rings (SSSR count). The van der Waals surface area contributed by atoms with Crippen molar-refractivity contribution in [3.8, 4) is 11.4 Å². The number of aromatic hydroxyl groups is 1. The molecule has 23 heavy (non-hydrogen) atoms. The molecule has 2 heterocycles. The van der Waals surface area contributed by atoms with E-state index in [0.29, 0.717) is 11.3 Å². The predicted octanol–water partition coefficient (Wildman–Crippen LogP) is 2.17. The van der Waals surface area contributed by atoms with Crippen LogP contribution in [0.4, 0.5) is 10.2 Å². The highest BCUT2D eigenvalue weighted by Crippen LogP contribution is 2.36. The molecule has 0 unspecified atom stereocenters. The first-order valence-electron chi connectivity index (χ1n) is 6.87. The number of nitrogens with two attached hydrogens (primary N) is 2. The Morgan fingerprint density at radius 3 is 2.65 bits per heavy atom. The summed E-state index contributed by atoms with van der Waals surface area (Å²) in [6.07, 6.45) is 2.38. The average molecular weight is 314 g/mol. The summed E-state index contributed by atoms with van der Waals surface area (Å²) in [4.78, 5) is 15.5. The van der Waals surface area contributed by atoms with Crippen molar-refractivity contribution in [2.75, 3.05) is 5.73 Å². The van der Waals surface area contributed by atoms with E-state index in [0.717, 1.165) is 11.8 Å². The molecular weight excluding hydrogens is 299 g/mol. The summed E-state index contributed by atoms with van der Waals surface area (Å²) in [5.74, 6) is -1.35. The fourth-order valence-corrected chi connectivity index (χ4v) is 2.87. The van der Waals surface area contributed by atoms with E-state index in [1.54, 1.807) is 26.0 Å². The molecule has 0 saturated carbocycles. The van der Waals surface area contributed by atoms with Gasteiger partial charge in [-0.25, -0.2) is 4.39 Å². The molecule has 0 aliphatic heterocycles. The van der Waals surface area contributed by atoms with Gasteiger partial charge in [0.2, 0.25) is 0 Å². The van der Waals surface area contributed by atoms with Gasteiger partial charge in [0.25, 0.3) is 5.91 Å². The third-order valence-electron chi connectivity index (χ3n) is 3.94. The molecular formula is C16H15FN4O2. The summed E-state index contributed by atoms with van der Waals surface area (Å²) in [6.45, 7) is 3.49. The molecule has 118 valence electrons. The van der Waals surface area contributed by atoms with Crippen molar-refractivity contribution in [2.45, 2.75) is 13.8 Å². The van der Waals surface area contributed by atoms with Gasteiger partial charge < -0.3 is 16.6 Å². The molecule has 0 aliphatic carbocycles. The Hall–Kier alpha value is -3.09.